The third-order valence-electron chi connectivity index (χ3n) is 8.66. The Morgan fingerprint density at radius 1 is 1.04 bits per heavy atom. The summed E-state index contributed by atoms with van der Waals surface area (Å²) in [5.74, 6) is -3.60. The van der Waals surface area contributed by atoms with Gasteiger partial charge >= 0.3 is 24.2 Å². The topological polar surface area (TPSA) is 128 Å². The molecule has 2 fully saturated rings. The van der Waals surface area contributed by atoms with Crippen molar-refractivity contribution in [3.8, 4) is 0 Å². The van der Waals surface area contributed by atoms with E-state index in [1.165, 1.54) is 31.2 Å². The summed E-state index contributed by atoms with van der Waals surface area (Å²) in [6, 6.07) is 6.76. The number of esters is 1. The first kappa shape index (κ1) is 38.3. The molecule has 0 aromatic heterocycles. The molecule has 0 bridgehead atoms. The van der Waals surface area contributed by atoms with E-state index in [0.717, 1.165) is 45.5 Å². The zero-order chi connectivity index (χ0) is 36.1. The van der Waals surface area contributed by atoms with Crippen LogP contribution in [0.1, 0.15) is 57.1 Å². The summed E-state index contributed by atoms with van der Waals surface area (Å²) in [6.45, 7) is 2.32. The van der Waals surface area contributed by atoms with Gasteiger partial charge in [0.25, 0.3) is 5.69 Å². The van der Waals surface area contributed by atoms with E-state index < -0.39 is 70.8 Å². The van der Waals surface area contributed by atoms with Crippen LogP contribution in [0.4, 0.5) is 32.0 Å². The molecule has 3 atom stereocenters. The highest BCUT2D eigenvalue weighted by Gasteiger charge is 2.56. The minimum Gasteiger partial charge on any atom is -0.462 e. The number of nitro benzene ring substituents is 1. The van der Waals surface area contributed by atoms with Gasteiger partial charge in [0.05, 0.1) is 20.8 Å². The maximum absolute atomic E-state index is 14.0. The Hall–Kier alpha value is -3.51. The number of alkyl halides is 6. The van der Waals surface area contributed by atoms with Gasteiger partial charge in [0.2, 0.25) is 5.91 Å². The smallest absolute Gasteiger partial charge is 0.462 e. The number of carbonyl (C=O) groups excluding carboxylic acids is 3. The molecule has 1 saturated carbocycles. The minimum absolute atomic E-state index is 0.0141. The Balaban J connectivity index is 1.63. The first-order valence-electron chi connectivity index (χ1n) is 15.1. The van der Waals surface area contributed by atoms with Crippen molar-refractivity contribution in [3.63, 3.8) is 0 Å². The van der Waals surface area contributed by atoms with Crippen LogP contribution >= 0.6 is 21.6 Å². The molecule has 10 nitrogen and oxygen atoms in total. The number of para-hydroxylation sites is 1. The molecule has 0 spiro atoms. The molecular weight excluding hydrogens is 704 g/mol. The van der Waals surface area contributed by atoms with E-state index in [1.54, 1.807) is 6.07 Å². The lowest BCUT2D eigenvalue weighted by molar-refractivity contribution is -0.387. The Morgan fingerprint density at radius 2 is 1.69 bits per heavy atom. The number of nitrogens with zero attached hydrogens (tertiary/aromatic N) is 2. The van der Waals surface area contributed by atoms with Gasteiger partial charge in [-0.1, -0.05) is 22.9 Å². The summed E-state index contributed by atoms with van der Waals surface area (Å²) in [7, 11) is 1.87. The average Bonchev–Trinajstić information content (AvgIpc) is 3.48. The average molecular weight is 738 g/mol. The Labute approximate surface area is 285 Å². The van der Waals surface area contributed by atoms with Crippen molar-refractivity contribution in [3.05, 3.63) is 63.7 Å². The predicted octanol–water partition coefficient (Wildman–Crippen LogP) is 7.09. The van der Waals surface area contributed by atoms with Gasteiger partial charge in [-0.25, -0.2) is 0 Å². The number of halogens is 6. The molecule has 2 aromatic carbocycles. The predicted molar refractivity (Wildman–Crippen MR) is 166 cm³/mol. The normalized spacial score (nSPS) is 20.8. The second-order valence-electron chi connectivity index (χ2n) is 11.8. The fourth-order valence-electron chi connectivity index (χ4n) is 6.24. The largest absolute Gasteiger partial charge is 0.471 e. The van der Waals surface area contributed by atoms with Gasteiger partial charge in [-0.15, -0.1) is 0 Å². The Kier molecular flexibility index (Phi) is 12.2. The summed E-state index contributed by atoms with van der Waals surface area (Å²) < 4.78 is 93.1. The van der Waals surface area contributed by atoms with Gasteiger partial charge in [-0.2, -0.15) is 26.3 Å². The van der Waals surface area contributed by atoms with Crippen LogP contribution in [0.5, 0.6) is 0 Å². The molecule has 1 aliphatic carbocycles. The maximum atomic E-state index is 14.0. The van der Waals surface area contributed by atoms with Gasteiger partial charge in [-0.3, -0.25) is 24.5 Å². The van der Waals surface area contributed by atoms with Crippen LogP contribution < -0.4 is 5.32 Å². The van der Waals surface area contributed by atoms with Crippen LogP contribution in [0.25, 0.3) is 0 Å². The van der Waals surface area contributed by atoms with Gasteiger partial charge in [-0.05, 0) is 79.7 Å². The summed E-state index contributed by atoms with van der Waals surface area (Å²) in [4.78, 5) is 50.8. The number of amides is 2. The lowest BCUT2D eigenvalue weighted by Crippen LogP contribution is -2.54. The van der Waals surface area contributed by atoms with Crippen molar-refractivity contribution in [1.82, 2.24) is 10.2 Å². The van der Waals surface area contributed by atoms with Crippen molar-refractivity contribution in [2.75, 3.05) is 13.2 Å². The highest BCUT2D eigenvalue weighted by atomic mass is 33.1. The van der Waals surface area contributed by atoms with Crippen LogP contribution in [-0.4, -0.2) is 65.2 Å². The molecule has 0 radical (unpaired) electrons. The molecule has 1 saturated heterocycles. The zero-order valence-corrected chi connectivity index (χ0v) is 27.9. The van der Waals surface area contributed by atoms with E-state index in [4.69, 9.17) is 9.47 Å². The molecule has 18 heteroatoms. The summed E-state index contributed by atoms with van der Waals surface area (Å²) >= 11 is 0. The molecule has 0 unspecified atom stereocenters. The first-order chi connectivity index (χ1) is 22.9. The number of nitrogens with one attached hydrogen (secondary N) is 1. The zero-order valence-electron chi connectivity index (χ0n) is 26.3. The lowest BCUT2D eigenvalue weighted by atomic mass is 9.79. The van der Waals surface area contributed by atoms with Crippen molar-refractivity contribution in [2.24, 2.45) is 5.41 Å². The van der Waals surface area contributed by atoms with Gasteiger partial charge in [0.15, 0.2) is 0 Å². The standard InChI is InChI=1S/C31H33F6N3O7S2/c1-18(47-19(2)41)29(12-9-23(16-29)39(28(43)31(35,36)37)22-10-13-46-14-11-22)27(42)38-17-20-15-21(30(32,33)34)7-8-25(20)48-49-26-6-4-3-5-24(26)40(44)45/h3-8,15,18,22-23H,9-14,16-17H2,1-2H3,(H,38,42)/t18-,23+,29-/m0/s1. The molecule has 1 heterocycles. The molecule has 49 heavy (non-hydrogen) atoms. The van der Waals surface area contributed by atoms with E-state index in [1.807, 2.05) is 0 Å². The number of hydrogen-bond donors (Lipinski definition) is 1. The fourth-order valence-corrected chi connectivity index (χ4v) is 8.60. The van der Waals surface area contributed by atoms with Gasteiger partial charge in [0, 0.05) is 49.7 Å². The number of carbonyl (C=O) groups is 3. The van der Waals surface area contributed by atoms with E-state index in [9.17, 15) is 50.8 Å². The summed E-state index contributed by atoms with van der Waals surface area (Å²) in [5, 5.41) is 14.1. The lowest BCUT2D eigenvalue weighted by Gasteiger charge is -2.40. The van der Waals surface area contributed by atoms with E-state index in [2.05, 4.69) is 5.32 Å². The summed E-state index contributed by atoms with van der Waals surface area (Å²) in [6.07, 6.45) is -11.2. The van der Waals surface area contributed by atoms with Crippen LogP contribution in [0, 0.1) is 15.5 Å². The quantitative estimate of drug-likeness (QED) is 0.0846. The number of ether oxygens (including phenoxy) is 2. The Bertz CT molecular complexity index is 1550. The molecule has 2 aromatic rings. The first-order valence-corrected chi connectivity index (χ1v) is 17.3. The molecule has 268 valence electrons. The molecule has 1 aliphatic heterocycles. The highest BCUT2D eigenvalue weighted by molar-refractivity contribution is 8.76. The molecule has 1 N–H and O–H groups in total. The van der Waals surface area contributed by atoms with E-state index in [0.29, 0.717) is 0 Å². The second-order valence-corrected chi connectivity index (χ2v) is 14.0. The van der Waals surface area contributed by atoms with E-state index >= 15 is 0 Å². The SMILES string of the molecule is CC(=O)O[C@@H](C)[C@]1(C(=O)NCc2cc(C(F)(F)F)ccc2SSc2ccccc2[N+](=O)[O-])CC[C@@H](N(C(=O)C(F)(F)F)C2CCOCC2)C1. The second kappa shape index (κ2) is 15.6. The van der Waals surface area contributed by atoms with Crippen LogP contribution in [-0.2, 0) is 36.6 Å². The highest BCUT2D eigenvalue weighted by Crippen LogP contribution is 2.47. The number of benzene rings is 2. The van der Waals surface area contributed by atoms with Crippen molar-refractivity contribution in [2.45, 2.75) is 92.8 Å². The van der Waals surface area contributed by atoms with Crippen molar-refractivity contribution in [1.29, 1.82) is 0 Å². The third-order valence-corrected chi connectivity index (χ3v) is 11.2. The third kappa shape index (κ3) is 9.19. The number of hydrogen-bond acceptors (Lipinski definition) is 9. The van der Waals surface area contributed by atoms with Crippen molar-refractivity contribution < 1.29 is 55.1 Å². The summed E-state index contributed by atoms with van der Waals surface area (Å²) in [5.41, 5.74) is -2.84. The minimum atomic E-state index is -5.19. The monoisotopic (exact) mass is 737 g/mol. The van der Waals surface area contributed by atoms with Crippen LogP contribution in [0.3, 0.4) is 0 Å². The molecule has 2 amide bonds. The number of nitro groups is 1. The van der Waals surface area contributed by atoms with Gasteiger partial charge < -0.3 is 19.7 Å². The molecule has 4 rings (SSSR count). The molecule has 2 aliphatic rings. The molecular formula is C31H33F6N3O7S2. The van der Waals surface area contributed by atoms with E-state index in [-0.39, 0.29) is 66.4 Å². The fraction of sp³-hybridized carbons (Fsp3) is 0.516. The van der Waals surface area contributed by atoms with Crippen LogP contribution in [0.2, 0.25) is 0 Å². The number of rotatable bonds is 11. The van der Waals surface area contributed by atoms with Gasteiger partial charge in [0.1, 0.15) is 6.10 Å². The maximum Gasteiger partial charge on any atom is 0.471 e. The van der Waals surface area contributed by atoms with Crippen LogP contribution in [0.15, 0.2) is 52.3 Å². The van der Waals surface area contributed by atoms with Crippen molar-refractivity contribution >= 4 is 45.1 Å². The Morgan fingerprint density at radius 3 is 2.31 bits per heavy atom.